The molecular weight excluding hydrogens is 182 g/mol. The minimum absolute atomic E-state index is 0.887. The van der Waals surface area contributed by atoms with Crippen LogP contribution in [0.4, 0.5) is 0 Å². The standard InChI is InChI=1S/C9H17N3S/c1-8-11-9(7-13-8)6-10-4-5-12(2)3/h7,10H,4-6H2,1-3H3. The molecule has 0 unspecified atom stereocenters. The molecule has 0 saturated heterocycles. The van der Waals surface area contributed by atoms with Gasteiger partial charge in [0, 0.05) is 25.0 Å². The zero-order valence-electron chi connectivity index (χ0n) is 8.50. The lowest BCUT2D eigenvalue weighted by Gasteiger charge is -2.09. The molecule has 0 atom stereocenters. The van der Waals surface area contributed by atoms with E-state index in [1.165, 1.54) is 0 Å². The third kappa shape index (κ3) is 4.36. The number of hydrogen-bond donors (Lipinski definition) is 1. The van der Waals surface area contributed by atoms with Crippen molar-refractivity contribution in [3.63, 3.8) is 0 Å². The van der Waals surface area contributed by atoms with Gasteiger partial charge in [0.1, 0.15) is 0 Å². The Morgan fingerprint density at radius 3 is 2.85 bits per heavy atom. The zero-order valence-corrected chi connectivity index (χ0v) is 9.32. The van der Waals surface area contributed by atoms with Crippen LogP contribution in [0.2, 0.25) is 0 Å². The van der Waals surface area contributed by atoms with Crippen molar-refractivity contribution in [2.24, 2.45) is 0 Å². The van der Waals surface area contributed by atoms with Gasteiger partial charge in [-0.15, -0.1) is 11.3 Å². The SMILES string of the molecule is Cc1nc(CNCCN(C)C)cs1. The van der Waals surface area contributed by atoms with E-state index in [2.05, 4.69) is 34.7 Å². The van der Waals surface area contributed by atoms with Gasteiger partial charge in [0.05, 0.1) is 10.7 Å². The van der Waals surface area contributed by atoms with Gasteiger partial charge in [-0.1, -0.05) is 0 Å². The number of aromatic nitrogens is 1. The molecule has 0 fully saturated rings. The molecule has 1 heterocycles. The molecule has 0 saturated carbocycles. The Hall–Kier alpha value is -0.450. The zero-order chi connectivity index (χ0) is 9.68. The van der Waals surface area contributed by atoms with Crippen molar-refractivity contribution in [2.45, 2.75) is 13.5 Å². The Morgan fingerprint density at radius 2 is 2.31 bits per heavy atom. The fraction of sp³-hybridized carbons (Fsp3) is 0.667. The highest BCUT2D eigenvalue weighted by Gasteiger charge is 1.96. The van der Waals surface area contributed by atoms with E-state index in [4.69, 9.17) is 0 Å². The highest BCUT2D eigenvalue weighted by molar-refractivity contribution is 7.09. The van der Waals surface area contributed by atoms with E-state index in [0.717, 1.165) is 30.3 Å². The van der Waals surface area contributed by atoms with E-state index >= 15 is 0 Å². The quantitative estimate of drug-likeness (QED) is 0.720. The Kier molecular flexibility index (Phi) is 4.35. The van der Waals surface area contributed by atoms with Crippen LogP contribution in [0.15, 0.2) is 5.38 Å². The Morgan fingerprint density at radius 1 is 1.54 bits per heavy atom. The first kappa shape index (κ1) is 10.6. The molecule has 0 aliphatic rings. The van der Waals surface area contributed by atoms with E-state index < -0.39 is 0 Å². The summed E-state index contributed by atoms with van der Waals surface area (Å²) in [6, 6.07) is 0. The molecule has 3 nitrogen and oxygen atoms in total. The first-order valence-electron chi connectivity index (χ1n) is 4.45. The summed E-state index contributed by atoms with van der Waals surface area (Å²) < 4.78 is 0. The topological polar surface area (TPSA) is 28.2 Å². The first-order chi connectivity index (χ1) is 6.18. The molecule has 1 rings (SSSR count). The van der Waals surface area contributed by atoms with Crippen LogP contribution in [0.25, 0.3) is 0 Å². The number of nitrogens with zero attached hydrogens (tertiary/aromatic N) is 2. The first-order valence-corrected chi connectivity index (χ1v) is 5.33. The Labute approximate surface area is 83.8 Å². The average Bonchev–Trinajstić information content (AvgIpc) is 2.45. The van der Waals surface area contributed by atoms with Gasteiger partial charge in [-0.25, -0.2) is 4.98 Å². The predicted octanol–water partition coefficient (Wildman–Crippen LogP) is 1.10. The number of thiazole rings is 1. The summed E-state index contributed by atoms with van der Waals surface area (Å²) in [5.74, 6) is 0. The molecular formula is C9H17N3S. The van der Waals surface area contributed by atoms with Crippen molar-refractivity contribution in [1.82, 2.24) is 15.2 Å². The van der Waals surface area contributed by atoms with E-state index in [-0.39, 0.29) is 0 Å². The molecule has 0 radical (unpaired) electrons. The van der Waals surface area contributed by atoms with E-state index in [1.807, 2.05) is 6.92 Å². The monoisotopic (exact) mass is 199 g/mol. The minimum atomic E-state index is 0.887. The summed E-state index contributed by atoms with van der Waals surface area (Å²) in [5, 5.41) is 6.60. The van der Waals surface area contributed by atoms with Crippen molar-refractivity contribution in [3.8, 4) is 0 Å². The van der Waals surface area contributed by atoms with Crippen molar-refractivity contribution in [3.05, 3.63) is 16.1 Å². The van der Waals surface area contributed by atoms with Crippen molar-refractivity contribution in [2.75, 3.05) is 27.2 Å². The van der Waals surface area contributed by atoms with Crippen LogP contribution >= 0.6 is 11.3 Å². The fourth-order valence-electron chi connectivity index (χ4n) is 1.01. The third-order valence-electron chi connectivity index (χ3n) is 1.71. The molecule has 0 amide bonds. The molecule has 4 heteroatoms. The second-order valence-corrected chi connectivity index (χ2v) is 4.40. The van der Waals surface area contributed by atoms with Crippen molar-refractivity contribution >= 4 is 11.3 Å². The van der Waals surface area contributed by atoms with Crippen LogP contribution in [0.1, 0.15) is 10.7 Å². The van der Waals surface area contributed by atoms with E-state index in [0.29, 0.717) is 0 Å². The summed E-state index contributed by atoms with van der Waals surface area (Å²) in [7, 11) is 4.16. The van der Waals surface area contributed by atoms with Gasteiger partial charge in [0.2, 0.25) is 0 Å². The molecule has 0 aromatic carbocycles. The molecule has 1 N–H and O–H groups in total. The van der Waals surface area contributed by atoms with Gasteiger partial charge in [0.15, 0.2) is 0 Å². The van der Waals surface area contributed by atoms with Gasteiger partial charge in [-0.3, -0.25) is 0 Å². The molecule has 13 heavy (non-hydrogen) atoms. The molecule has 1 aromatic rings. The van der Waals surface area contributed by atoms with Gasteiger partial charge < -0.3 is 10.2 Å². The highest BCUT2D eigenvalue weighted by atomic mass is 32.1. The Balaban J connectivity index is 2.13. The van der Waals surface area contributed by atoms with Crippen LogP contribution in [-0.4, -0.2) is 37.1 Å². The van der Waals surface area contributed by atoms with Crippen LogP contribution in [0.5, 0.6) is 0 Å². The van der Waals surface area contributed by atoms with Crippen molar-refractivity contribution in [1.29, 1.82) is 0 Å². The molecule has 0 aliphatic carbocycles. The number of nitrogens with one attached hydrogen (secondary N) is 1. The second kappa shape index (κ2) is 5.32. The lowest BCUT2D eigenvalue weighted by molar-refractivity contribution is 0.399. The molecule has 1 aromatic heterocycles. The second-order valence-electron chi connectivity index (χ2n) is 3.34. The van der Waals surface area contributed by atoms with Crippen LogP contribution in [-0.2, 0) is 6.54 Å². The van der Waals surface area contributed by atoms with Crippen LogP contribution in [0.3, 0.4) is 0 Å². The van der Waals surface area contributed by atoms with Crippen molar-refractivity contribution < 1.29 is 0 Å². The number of rotatable bonds is 5. The fourth-order valence-corrected chi connectivity index (χ4v) is 1.62. The van der Waals surface area contributed by atoms with E-state index in [9.17, 15) is 0 Å². The maximum atomic E-state index is 4.37. The summed E-state index contributed by atoms with van der Waals surface area (Å²) in [6.07, 6.45) is 0. The molecule has 0 spiro atoms. The van der Waals surface area contributed by atoms with Gasteiger partial charge >= 0.3 is 0 Å². The Bertz CT molecular complexity index is 245. The summed E-state index contributed by atoms with van der Waals surface area (Å²) in [6.45, 7) is 5.01. The smallest absolute Gasteiger partial charge is 0.0897 e. The normalized spacial score (nSPS) is 11.1. The van der Waals surface area contributed by atoms with Crippen LogP contribution < -0.4 is 5.32 Å². The lowest BCUT2D eigenvalue weighted by atomic mass is 10.4. The van der Waals surface area contributed by atoms with Gasteiger partial charge in [0.25, 0.3) is 0 Å². The highest BCUT2D eigenvalue weighted by Crippen LogP contribution is 2.06. The predicted molar refractivity (Wildman–Crippen MR) is 57.1 cm³/mol. The maximum Gasteiger partial charge on any atom is 0.0897 e. The number of aryl methyl sites for hydroxylation is 1. The van der Waals surface area contributed by atoms with Gasteiger partial charge in [-0.05, 0) is 21.0 Å². The summed E-state index contributed by atoms with van der Waals surface area (Å²) in [5.41, 5.74) is 1.15. The maximum absolute atomic E-state index is 4.37. The molecule has 0 bridgehead atoms. The number of hydrogen-bond acceptors (Lipinski definition) is 4. The number of likely N-dealkylation sites (N-methyl/N-ethyl adjacent to an activating group) is 1. The summed E-state index contributed by atoms with van der Waals surface area (Å²) >= 11 is 1.71. The van der Waals surface area contributed by atoms with Crippen LogP contribution in [0, 0.1) is 6.92 Å². The molecule has 0 aliphatic heterocycles. The lowest BCUT2D eigenvalue weighted by Crippen LogP contribution is -2.26. The van der Waals surface area contributed by atoms with E-state index in [1.54, 1.807) is 11.3 Å². The average molecular weight is 199 g/mol. The van der Waals surface area contributed by atoms with Gasteiger partial charge in [-0.2, -0.15) is 0 Å². The third-order valence-corrected chi connectivity index (χ3v) is 2.53. The minimum Gasteiger partial charge on any atom is -0.310 e. The summed E-state index contributed by atoms with van der Waals surface area (Å²) in [4.78, 5) is 6.54. The largest absolute Gasteiger partial charge is 0.310 e. The molecule has 74 valence electrons.